The molecule has 1 aromatic carbocycles. The average molecular weight is 327 g/mol. The minimum Gasteiger partial charge on any atom is -0.467 e. The summed E-state index contributed by atoms with van der Waals surface area (Å²) in [5.41, 5.74) is 0.403. The topological polar surface area (TPSA) is 66.9 Å². The Labute approximate surface area is 130 Å². The Morgan fingerprint density at radius 1 is 1.43 bits per heavy atom. The molecule has 2 fully saturated rings. The highest BCUT2D eigenvalue weighted by Gasteiger charge is 2.55. The van der Waals surface area contributed by atoms with E-state index in [0.717, 1.165) is 4.90 Å². The Bertz CT molecular complexity index is 638. The Kier molecular flexibility index (Phi) is 3.54. The summed E-state index contributed by atoms with van der Waals surface area (Å²) in [6, 6.07) is 5.33. The zero-order valence-corrected chi connectivity index (χ0v) is 12.6. The molecule has 0 bridgehead atoms. The van der Waals surface area contributed by atoms with Gasteiger partial charge in [0.2, 0.25) is 0 Å². The lowest BCUT2D eigenvalue weighted by Crippen LogP contribution is -2.41. The van der Waals surface area contributed by atoms with Crippen molar-refractivity contribution in [1.29, 1.82) is 0 Å². The molecule has 0 spiro atoms. The second kappa shape index (κ2) is 5.23. The lowest BCUT2D eigenvalue weighted by molar-refractivity contribution is -0.142. The number of hydrogen-bond donors (Lipinski definition) is 0. The second-order valence-electron chi connectivity index (χ2n) is 4.57. The first-order valence-corrected chi connectivity index (χ1v) is 7.58. The summed E-state index contributed by atoms with van der Waals surface area (Å²) in [5.74, 6) is -0.501. The number of nitrogens with zero attached hydrogens (tertiary/aromatic N) is 2. The number of carbonyl (C=O) groups is 3. The van der Waals surface area contributed by atoms with Crippen molar-refractivity contribution in [2.24, 2.45) is 0 Å². The molecule has 3 amide bonds. The maximum Gasteiger partial charge on any atom is 0.339 e. The number of anilines is 1. The molecule has 8 heteroatoms. The van der Waals surface area contributed by atoms with E-state index in [1.54, 1.807) is 24.3 Å². The van der Waals surface area contributed by atoms with Crippen LogP contribution in [-0.4, -0.2) is 47.1 Å². The highest BCUT2D eigenvalue weighted by molar-refractivity contribution is 8.00. The van der Waals surface area contributed by atoms with Crippen LogP contribution in [0.2, 0.25) is 5.02 Å². The first-order chi connectivity index (χ1) is 10.0. The van der Waals surface area contributed by atoms with Crippen LogP contribution in [0.4, 0.5) is 10.5 Å². The number of rotatable bonds is 2. The van der Waals surface area contributed by atoms with Gasteiger partial charge in [0.15, 0.2) is 5.37 Å². The predicted molar refractivity (Wildman–Crippen MR) is 78.2 cm³/mol. The van der Waals surface area contributed by atoms with Crippen LogP contribution in [0, 0.1) is 0 Å². The molecule has 0 N–H and O–H groups in total. The number of imide groups is 1. The lowest BCUT2D eigenvalue weighted by Gasteiger charge is -2.20. The number of ether oxygens (including phenoxy) is 1. The van der Waals surface area contributed by atoms with Gasteiger partial charge in [-0.15, -0.1) is 11.8 Å². The molecule has 0 radical (unpaired) electrons. The third kappa shape index (κ3) is 2.16. The van der Waals surface area contributed by atoms with Crippen LogP contribution in [0.1, 0.15) is 0 Å². The molecule has 6 nitrogen and oxygen atoms in total. The van der Waals surface area contributed by atoms with Crippen molar-refractivity contribution in [2.75, 3.05) is 17.8 Å². The molecule has 21 heavy (non-hydrogen) atoms. The number of amides is 3. The summed E-state index contributed by atoms with van der Waals surface area (Å²) < 4.78 is 4.68. The van der Waals surface area contributed by atoms with Gasteiger partial charge in [-0.2, -0.15) is 0 Å². The summed E-state index contributed by atoms with van der Waals surface area (Å²) in [4.78, 5) is 39.0. The van der Waals surface area contributed by atoms with Crippen molar-refractivity contribution in [3.63, 3.8) is 0 Å². The molecule has 2 aliphatic heterocycles. The number of thioether (sulfide) groups is 1. The Hall–Kier alpha value is -1.73. The van der Waals surface area contributed by atoms with Gasteiger partial charge in [0, 0.05) is 10.8 Å². The van der Waals surface area contributed by atoms with Crippen molar-refractivity contribution in [2.45, 2.75) is 11.4 Å². The van der Waals surface area contributed by atoms with Crippen LogP contribution in [0.25, 0.3) is 0 Å². The SMILES string of the molecule is COC(=O)[C@H]1SC[C@@H]2C(=O)N(c3cccc(Cl)c3)C(=O)N21. The van der Waals surface area contributed by atoms with Gasteiger partial charge in [0.1, 0.15) is 6.04 Å². The van der Waals surface area contributed by atoms with Gasteiger partial charge in [-0.05, 0) is 18.2 Å². The summed E-state index contributed by atoms with van der Waals surface area (Å²) in [7, 11) is 1.26. The van der Waals surface area contributed by atoms with Crippen LogP contribution >= 0.6 is 23.4 Å². The third-order valence-corrected chi connectivity index (χ3v) is 4.87. The molecule has 3 rings (SSSR count). The van der Waals surface area contributed by atoms with E-state index < -0.39 is 23.4 Å². The van der Waals surface area contributed by atoms with Crippen LogP contribution in [0.15, 0.2) is 24.3 Å². The van der Waals surface area contributed by atoms with E-state index in [-0.39, 0.29) is 5.91 Å². The first kappa shape index (κ1) is 14.2. The molecule has 2 atom stereocenters. The number of hydrogen-bond acceptors (Lipinski definition) is 5. The van der Waals surface area contributed by atoms with Gasteiger partial charge in [0.05, 0.1) is 12.8 Å². The van der Waals surface area contributed by atoms with Crippen LogP contribution in [-0.2, 0) is 14.3 Å². The van der Waals surface area contributed by atoms with E-state index in [4.69, 9.17) is 11.6 Å². The van der Waals surface area contributed by atoms with Gasteiger partial charge < -0.3 is 4.74 Å². The zero-order valence-electron chi connectivity index (χ0n) is 11.0. The highest BCUT2D eigenvalue weighted by Crippen LogP contribution is 2.38. The van der Waals surface area contributed by atoms with Gasteiger partial charge in [-0.3, -0.25) is 9.69 Å². The first-order valence-electron chi connectivity index (χ1n) is 6.16. The Morgan fingerprint density at radius 2 is 2.19 bits per heavy atom. The van der Waals surface area contributed by atoms with Crippen molar-refractivity contribution in [1.82, 2.24) is 4.90 Å². The molecular weight excluding hydrogens is 316 g/mol. The van der Waals surface area contributed by atoms with E-state index in [1.807, 2.05) is 0 Å². The van der Waals surface area contributed by atoms with E-state index in [0.29, 0.717) is 16.5 Å². The maximum absolute atomic E-state index is 12.5. The van der Waals surface area contributed by atoms with E-state index in [9.17, 15) is 14.4 Å². The molecular formula is C13H11ClN2O4S. The largest absolute Gasteiger partial charge is 0.467 e. The molecule has 0 unspecified atom stereocenters. The summed E-state index contributed by atoms with van der Waals surface area (Å²) in [6.45, 7) is 0. The number of benzene rings is 1. The fourth-order valence-electron chi connectivity index (χ4n) is 2.42. The van der Waals surface area contributed by atoms with Gasteiger partial charge >= 0.3 is 12.0 Å². The molecule has 2 heterocycles. The summed E-state index contributed by atoms with van der Waals surface area (Å²) >= 11 is 7.13. The fraction of sp³-hybridized carbons (Fsp3) is 0.308. The molecule has 1 aromatic rings. The van der Waals surface area contributed by atoms with Crippen molar-refractivity contribution in [3.8, 4) is 0 Å². The number of fused-ring (bicyclic) bond motifs is 1. The average Bonchev–Trinajstić information content (AvgIpc) is 3.00. The predicted octanol–water partition coefficient (Wildman–Crippen LogP) is 1.72. The number of urea groups is 1. The number of carbonyl (C=O) groups excluding carboxylic acids is 3. The Morgan fingerprint density at radius 3 is 2.86 bits per heavy atom. The molecule has 2 saturated heterocycles. The smallest absolute Gasteiger partial charge is 0.339 e. The van der Waals surface area contributed by atoms with Crippen molar-refractivity contribution >= 4 is 47.0 Å². The maximum atomic E-state index is 12.5. The lowest BCUT2D eigenvalue weighted by atomic mass is 10.2. The van der Waals surface area contributed by atoms with Crippen LogP contribution in [0.3, 0.4) is 0 Å². The van der Waals surface area contributed by atoms with Gasteiger partial charge in [-0.25, -0.2) is 14.5 Å². The third-order valence-electron chi connectivity index (χ3n) is 3.39. The van der Waals surface area contributed by atoms with Gasteiger partial charge in [-0.1, -0.05) is 17.7 Å². The Balaban J connectivity index is 1.95. The summed E-state index contributed by atoms with van der Waals surface area (Å²) in [5, 5.41) is -0.348. The number of esters is 1. The van der Waals surface area contributed by atoms with Gasteiger partial charge in [0.25, 0.3) is 5.91 Å². The second-order valence-corrected chi connectivity index (χ2v) is 6.12. The molecule has 0 aliphatic carbocycles. The minimum atomic E-state index is -0.777. The standard InChI is InChI=1S/C13H11ClN2O4S/c1-20-12(18)11-16-9(6-21-11)10(17)15(13(16)19)8-4-2-3-7(14)5-8/h2-5,9,11H,6H2,1H3/t9-,11-/m1/s1. The number of methoxy groups -OCH3 is 1. The van der Waals surface area contributed by atoms with Crippen LogP contribution in [0.5, 0.6) is 0 Å². The number of halogens is 1. The monoisotopic (exact) mass is 326 g/mol. The zero-order chi connectivity index (χ0) is 15.1. The van der Waals surface area contributed by atoms with Crippen LogP contribution < -0.4 is 4.90 Å². The van der Waals surface area contributed by atoms with E-state index >= 15 is 0 Å². The highest BCUT2D eigenvalue weighted by atomic mass is 35.5. The quantitative estimate of drug-likeness (QED) is 0.611. The minimum absolute atomic E-state index is 0.346. The van der Waals surface area contributed by atoms with Crippen molar-refractivity contribution < 1.29 is 19.1 Å². The molecule has 0 saturated carbocycles. The fourth-order valence-corrected chi connectivity index (χ4v) is 3.91. The molecule has 0 aromatic heterocycles. The normalized spacial score (nSPS) is 24.5. The summed E-state index contributed by atoms with van der Waals surface area (Å²) in [6.07, 6.45) is 0. The molecule has 2 aliphatic rings. The van der Waals surface area contributed by atoms with Crippen molar-refractivity contribution in [3.05, 3.63) is 29.3 Å². The molecule has 110 valence electrons. The van der Waals surface area contributed by atoms with E-state index in [1.165, 1.54) is 23.8 Å². The van der Waals surface area contributed by atoms with E-state index in [2.05, 4.69) is 4.74 Å².